The number of nitrogens with zero attached hydrogens (tertiary/aromatic N) is 1. The lowest BCUT2D eigenvalue weighted by atomic mass is 10.0. The number of aromatic hydroxyl groups is 1. The second kappa shape index (κ2) is 8.62. The van der Waals surface area contributed by atoms with E-state index >= 15 is 0 Å². The summed E-state index contributed by atoms with van der Waals surface area (Å²) in [6, 6.07) is 3.33. The van der Waals surface area contributed by atoms with Gasteiger partial charge in [0.2, 0.25) is 0 Å². The maximum absolute atomic E-state index is 12.7. The minimum atomic E-state index is -0.461. The Hall–Kier alpha value is -2.58. The fourth-order valence-electron chi connectivity index (χ4n) is 3.74. The van der Waals surface area contributed by atoms with Crippen LogP contribution in [0.3, 0.4) is 0 Å². The van der Waals surface area contributed by atoms with Gasteiger partial charge in [-0.1, -0.05) is 0 Å². The predicted octanol–water partition coefficient (Wildman–Crippen LogP) is 0.420. The number of phenols is 1. The standard InChI is InChI=1S/C20H26N2O6/c1-4-28-20(25)18-13(2)22(12-17(24)26-3)15-5-6-16(23)14(19(15)18)11-21-7-9-27-10-8-21/h5-6,23H,4,7-12H2,1-3H3/p+1. The average Bonchev–Trinajstić information content (AvgIpc) is 2.97. The van der Waals surface area contributed by atoms with Crippen molar-refractivity contribution in [1.29, 1.82) is 0 Å². The van der Waals surface area contributed by atoms with Crippen LogP contribution >= 0.6 is 0 Å². The first-order valence-electron chi connectivity index (χ1n) is 9.46. The van der Waals surface area contributed by atoms with Crippen molar-refractivity contribution in [2.45, 2.75) is 26.9 Å². The molecular formula is C20H27N2O6+. The van der Waals surface area contributed by atoms with Gasteiger partial charge >= 0.3 is 11.9 Å². The Kier molecular flexibility index (Phi) is 6.21. The molecule has 1 aromatic carbocycles. The number of carbonyl (C=O) groups excluding carboxylic acids is 2. The normalized spacial score (nSPS) is 15.0. The van der Waals surface area contributed by atoms with Crippen LogP contribution in [0.1, 0.15) is 28.5 Å². The number of morpholine rings is 1. The van der Waals surface area contributed by atoms with Gasteiger partial charge in [-0.3, -0.25) is 4.79 Å². The van der Waals surface area contributed by atoms with Crippen molar-refractivity contribution < 1.29 is 33.8 Å². The van der Waals surface area contributed by atoms with Gasteiger partial charge in [0, 0.05) is 11.1 Å². The first-order valence-corrected chi connectivity index (χ1v) is 9.46. The molecule has 2 heterocycles. The third-order valence-corrected chi connectivity index (χ3v) is 5.19. The number of quaternary nitrogens is 1. The zero-order chi connectivity index (χ0) is 20.3. The predicted molar refractivity (Wildman–Crippen MR) is 102 cm³/mol. The Balaban J connectivity index is 2.18. The van der Waals surface area contributed by atoms with E-state index in [0.29, 0.717) is 47.5 Å². The first kappa shape index (κ1) is 20.2. The Morgan fingerprint density at radius 3 is 2.64 bits per heavy atom. The molecule has 1 aliphatic heterocycles. The van der Waals surface area contributed by atoms with Gasteiger partial charge in [0.25, 0.3) is 0 Å². The van der Waals surface area contributed by atoms with Crippen molar-refractivity contribution in [2.24, 2.45) is 0 Å². The van der Waals surface area contributed by atoms with E-state index in [-0.39, 0.29) is 18.9 Å². The highest BCUT2D eigenvalue weighted by Crippen LogP contribution is 2.34. The largest absolute Gasteiger partial charge is 0.507 e. The quantitative estimate of drug-likeness (QED) is 0.694. The molecule has 1 aromatic heterocycles. The Labute approximate surface area is 163 Å². The molecule has 0 amide bonds. The third-order valence-electron chi connectivity index (χ3n) is 5.19. The molecular weight excluding hydrogens is 364 g/mol. The smallest absolute Gasteiger partial charge is 0.340 e. The minimum Gasteiger partial charge on any atom is -0.507 e. The highest BCUT2D eigenvalue weighted by Gasteiger charge is 2.28. The Morgan fingerprint density at radius 2 is 2.00 bits per heavy atom. The van der Waals surface area contributed by atoms with Crippen molar-refractivity contribution in [2.75, 3.05) is 40.0 Å². The van der Waals surface area contributed by atoms with E-state index in [9.17, 15) is 14.7 Å². The molecule has 0 spiro atoms. The Morgan fingerprint density at radius 1 is 1.29 bits per heavy atom. The van der Waals surface area contributed by atoms with Crippen LogP contribution in [0.4, 0.5) is 0 Å². The zero-order valence-corrected chi connectivity index (χ0v) is 16.5. The molecule has 0 bridgehead atoms. The monoisotopic (exact) mass is 391 g/mol. The van der Waals surface area contributed by atoms with E-state index in [1.807, 2.05) is 0 Å². The maximum Gasteiger partial charge on any atom is 0.340 e. The number of esters is 2. The fraction of sp³-hybridized carbons (Fsp3) is 0.500. The lowest BCUT2D eigenvalue weighted by molar-refractivity contribution is -0.921. The second-order valence-corrected chi connectivity index (χ2v) is 6.84. The molecule has 28 heavy (non-hydrogen) atoms. The van der Waals surface area contributed by atoms with E-state index in [4.69, 9.17) is 14.2 Å². The topological polar surface area (TPSA) is 91.4 Å². The number of hydrogen-bond donors (Lipinski definition) is 2. The summed E-state index contributed by atoms with van der Waals surface area (Å²) in [6.45, 7) is 7.28. The highest BCUT2D eigenvalue weighted by atomic mass is 16.5. The van der Waals surface area contributed by atoms with Crippen LogP contribution in [0.25, 0.3) is 10.9 Å². The third kappa shape index (κ3) is 3.83. The van der Waals surface area contributed by atoms with E-state index in [1.54, 1.807) is 30.5 Å². The van der Waals surface area contributed by atoms with E-state index in [2.05, 4.69) is 0 Å². The molecule has 1 fully saturated rings. The summed E-state index contributed by atoms with van der Waals surface area (Å²) in [4.78, 5) is 25.9. The number of nitrogens with one attached hydrogen (secondary N) is 1. The van der Waals surface area contributed by atoms with Crippen molar-refractivity contribution in [3.63, 3.8) is 0 Å². The van der Waals surface area contributed by atoms with Crippen LogP contribution in [0.15, 0.2) is 12.1 Å². The molecule has 8 nitrogen and oxygen atoms in total. The van der Waals surface area contributed by atoms with Gasteiger partial charge in [-0.25, -0.2) is 4.79 Å². The van der Waals surface area contributed by atoms with Gasteiger partial charge < -0.3 is 28.8 Å². The highest BCUT2D eigenvalue weighted by molar-refractivity contribution is 6.08. The second-order valence-electron chi connectivity index (χ2n) is 6.84. The van der Waals surface area contributed by atoms with Gasteiger partial charge in [0.05, 0.1) is 43.6 Å². The molecule has 0 aliphatic carbocycles. The molecule has 152 valence electrons. The maximum atomic E-state index is 12.7. The summed E-state index contributed by atoms with van der Waals surface area (Å²) in [5.41, 5.74) is 2.39. The number of aromatic nitrogens is 1. The summed E-state index contributed by atoms with van der Waals surface area (Å²) in [5, 5.41) is 11.2. The van der Waals surface area contributed by atoms with Gasteiger partial charge in [0.15, 0.2) is 0 Å². The molecule has 1 saturated heterocycles. The SMILES string of the molecule is CCOC(=O)c1c(C)n(CC(=O)OC)c2ccc(O)c(C[NH+]3CCOCC3)c12. The fourth-order valence-corrected chi connectivity index (χ4v) is 3.74. The van der Waals surface area contributed by atoms with Gasteiger partial charge in [-0.2, -0.15) is 0 Å². The van der Waals surface area contributed by atoms with Crippen LogP contribution in [-0.2, 0) is 32.1 Å². The molecule has 3 rings (SSSR count). The number of hydrogen-bond acceptors (Lipinski definition) is 6. The molecule has 1 aliphatic rings. The molecule has 0 atom stereocenters. The van der Waals surface area contributed by atoms with Crippen molar-refractivity contribution in [3.05, 3.63) is 29.0 Å². The van der Waals surface area contributed by atoms with Crippen molar-refractivity contribution in [3.8, 4) is 5.75 Å². The van der Waals surface area contributed by atoms with Gasteiger partial charge in [-0.05, 0) is 26.0 Å². The summed E-state index contributed by atoms with van der Waals surface area (Å²) in [6.07, 6.45) is 0. The van der Waals surface area contributed by atoms with E-state index in [0.717, 1.165) is 13.1 Å². The number of ether oxygens (including phenoxy) is 3. The number of phenolic OH excluding ortho intramolecular Hbond substituents is 1. The number of benzene rings is 1. The lowest BCUT2D eigenvalue weighted by Crippen LogP contribution is -3.12. The molecule has 0 unspecified atom stereocenters. The van der Waals surface area contributed by atoms with Gasteiger partial charge in [-0.15, -0.1) is 0 Å². The summed E-state index contributed by atoms with van der Waals surface area (Å²) < 4.78 is 17.2. The lowest BCUT2D eigenvalue weighted by Gasteiger charge is -2.24. The summed E-state index contributed by atoms with van der Waals surface area (Å²) in [5.74, 6) is -0.742. The molecule has 0 saturated carbocycles. The molecule has 2 aromatic rings. The minimum absolute atomic E-state index is 0.0210. The van der Waals surface area contributed by atoms with E-state index in [1.165, 1.54) is 12.0 Å². The van der Waals surface area contributed by atoms with Crippen LogP contribution < -0.4 is 4.90 Å². The van der Waals surface area contributed by atoms with Gasteiger partial charge in [0.1, 0.15) is 31.9 Å². The van der Waals surface area contributed by atoms with E-state index < -0.39 is 11.9 Å². The molecule has 0 radical (unpaired) electrons. The van der Waals surface area contributed by atoms with Crippen LogP contribution in [0.2, 0.25) is 0 Å². The number of carbonyl (C=O) groups is 2. The number of rotatable bonds is 6. The molecule has 2 N–H and O–H groups in total. The Bertz CT molecular complexity index is 883. The average molecular weight is 391 g/mol. The van der Waals surface area contributed by atoms with Crippen LogP contribution in [0.5, 0.6) is 5.75 Å². The van der Waals surface area contributed by atoms with Crippen LogP contribution in [-0.4, -0.2) is 61.6 Å². The zero-order valence-electron chi connectivity index (χ0n) is 16.5. The van der Waals surface area contributed by atoms with Crippen molar-refractivity contribution in [1.82, 2.24) is 4.57 Å². The molecule has 8 heteroatoms. The number of fused-ring (bicyclic) bond motifs is 1. The number of methoxy groups -OCH3 is 1. The summed E-state index contributed by atoms with van der Waals surface area (Å²) in [7, 11) is 1.33. The first-order chi connectivity index (χ1) is 13.5. The van der Waals surface area contributed by atoms with Crippen LogP contribution in [0, 0.1) is 6.92 Å². The van der Waals surface area contributed by atoms with Crippen molar-refractivity contribution >= 4 is 22.8 Å². The summed E-state index contributed by atoms with van der Waals surface area (Å²) >= 11 is 0.